The summed E-state index contributed by atoms with van der Waals surface area (Å²) in [5.41, 5.74) is 0. The van der Waals surface area contributed by atoms with E-state index in [2.05, 4.69) is 24.9 Å². The van der Waals surface area contributed by atoms with Gasteiger partial charge in [-0.25, -0.2) is 4.98 Å². The minimum absolute atomic E-state index is 0.254. The fraction of sp³-hybridized carbons (Fsp3) is 0.667. The van der Waals surface area contributed by atoms with Gasteiger partial charge in [-0.05, 0) is 44.3 Å². The van der Waals surface area contributed by atoms with Gasteiger partial charge >= 0.3 is 0 Å². The van der Waals surface area contributed by atoms with E-state index in [-0.39, 0.29) is 12.1 Å². The number of H-pyrrole nitrogens is 1. The maximum Gasteiger partial charge on any atom is 0.120 e. The molecule has 0 aliphatic carbocycles. The number of hydrogen-bond donors (Lipinski definition) is 2. The molecule has 2 atom stereocenters. The maximum atomic E-state index is 10.5. The lowest BCUT2D eigenvalue weighted by Crippen LogP contribution is -2.47. The summed E-state index contributed by atoms with van der Waals surface area (Å²) in [6.45, 7) is 5.67. The highest BCUT2D eigenvalue weighted by atomic mass is 16.3. The number of β-amino-alcohol motifs (C(OH)–C–C–N with tert-alkyl or cyclic N) is 1. The maximum absolute atomic E-state index is 10.5. The first-order chi connectivity index (χ1) is 12.3. The van der Waals surface area contributed by atoms with Crippen LogP contribution in [0.3, 0.4) is 0 Å². The van der Waals surface area contributed by atoms with Crippen molar-refractivity contribution >= 4 is 0 Å². The SMILES string of the molecule is O[C@H]1CN(Cc2ncc[nH]2)C[C@@H]1N1CCC(CCn2cccn2)CC1. The predicted molar refractivity (Wildman–Crippen MR) is 94.8 cm³/mol. The monoisotopic (exact) mass is 344 g/mol. The number of likely N-dealkylation sites (tertiary alicyclic amines) is 2. The van der Waals surface area contributed by atoms with Gasteiger partial charge in [-0.15, -0.1) is 0 Å². The number of piperidine rings is 1. The van der Waals surface area contributed by atoms with Crippen LogP contribution >= 0.6 is 0 Å². The number of aromatic nitrogens is 4. The van der Waals surface area contributed by atoms with Crippen LogP contribution in [0.4, 0.5) is 0 Å². The fourth-order valence-electron chi connectivity index (χ4n) is 4.25. The van der Waals surface area contributed by atoms with E-state index in [0.717, 1.165) is 51.0 Å². The van der Waals surface area contributed by atoms with Crippen molar-refractivity contribution in [3.8, 4) is 0 Å². The highest BCUT2D eigenvalue weighted by molar-refractivity contribution is 4.95. The third-order valence-corrected chi connectivity index (χ3v) is 5.71. The average Bonchev–Trinajstić information content (AvgIpc) is 3.37. The van der Waals surface area contributed by atoms with Gasteiger partial charge in [0.15, 0.2) is 0 Å². The molecule has 0 unspecified atom stereocenters. The first-order valence-corrected chi connectivity index (χ1v) is 9.38. The lowest BCUT2D eigenvalue weighted by molar-refractivity contribution is 0.0569. The number of imidazole rings is 1. The van der Waals surface area contributed by atoms with E-state index in [1.165, 1.54) is 19.3 Å². The van der Waals surface area contributed by atoms with Crippen molar-refractivity contribution in [1.82, 2.24) is 29.5 Å². The molecule has 0 bridgehead atoms. The van der Waals surface area contributed by atoms with E-state index in [4.69, 9.17) is 0 Å². The molecular formula is C18H28N6O. The molecule has 0 saturated carbocycles. The number of rotatable bonds is 6. The van der Waals surface area contributed by atoms with Crippen LogP contribution in [0.25, 0.3) is 0 Å². The van der Waals surface area contributed by atoms with Crippen molar-refractivity contribution in [2.75, 3.05) is 26.2 Å². The molecular weight excluding hydrogens is 316 g/mol. The zero-order chi connectivity index (χ0) is 17.1. The standard InChI is InChI=1S/C18H28N6O/c25-17-13-22(14-18-19-6-7-20-18)12-16(17)23-9-2-15(3-10-23)4-11-24-8-1-5-21-24/h1,5-8,15-17,25H,2-4,9-14H2,(H,19,20)/t16-,17-/m0/s1. The topological polar surface area (TPSA) is 73.2 Å². The Labute approximate surface area is 148 Å². The fourth-order valence-corrected chi connectivity index (χ4v) is 4.25. The Morgan fingerprint density at radius 2 is 2.08 bits per heavy atom. The normalized spacial score (nSPS) is 26.4. The molecule has 2 saturated heterocycles. The van der Waals surface area contributed by atoms with Crippen molar-refractivity contribution in [3.05, 3.63) is 36.7 Å². The number of nitrogens with zero attached hydrogens (tertiary/aromatic N) is 5. The molecule has 2 aromatic heterocycles. The van der Waals surface area contributed by atoms with Gasteiger partial charge in [0.2, 0.25) is 0 Å². The highest BCUT2D eigenvalue weighted by Crippen LogP contribution is 2.26. The summed E-state index contributed by atoms with van der Waals surface area (Å²) < 4.78 is 2.03. The smallest absolute Gasteiger partial charge is 0.120 e. The van der Waals surface area contributed by atoms with Crippen LogP contribution in [0.5, 0.6) is 0 Å². The van der Waals surface area contributed by atoms with Crippen LogP contribution in [-0.2, 0) is 13.1 Å². The second-order valence-electron chi connectivity index (χ2n) is 7.40. The molecule has 7 nitrogen and oxygen atoms in total. The third kappa shape index (κ3) is 4.11. The lowest BCUT2D eigenvalue weighted by atomic mass is 9.92. The van der Waals surface area contributed by atoms with Gasteiger partial charge in [-0.2, -0.15) is 5.10 Å². The van der Waals surface area contributed by atoms with Crippen molar-refractivity contribution in [2.45, 2.75) is 44.5 Å². The molecule has 0 radical (unpaired) electrons. The van der Waals surface area contributed by atoms with Crippen LogP contribution < -0.4 is 0 Å². The summed E-state index contributed by atoms with van der Waals surface area (Å²) in [6, 6.07) is 2.25. The molecule has 4 rings (SSSR count). The van der Waals surface area contributed by atoms with Crippen LogP contribution in [0.2, 0.25) is 0 Å². The van der Waals surface area contributed by atoms with Crippen LogP contribution in [-0.4, -0.2) is 73.0 Å². The summed E-state index contributed by atoms with van der Waals surface area (Å²) in [4.78, 5) is 12.2. The van der Waals surface area contributed by atoms with Gasteiger partial charge in [-0.1, -0.05) is 0 Å². The molecule has 25 heavy (non-hydrogen) atoms. The molecule has 7 heteroatoms. The van der Waals surface area contributed by atoms with Crippen LogP contribution in [0.15, 0.2) is 30.9 Å². The first kappa shape index (κ1) is 16.8. The van der Waals surface area contributed by atoms with E-state index in [1.807, 2.05) is 29.3 Å². The van der Waals surface area contributed by atoms with Gasteiger partial charge < -0.3 is 10.1 Å². The molecule has 2 aromatic rings. The zero-order valence-corrected chi connectivity index (χ0v) is 14.7. The van der Waals surface area contributed by atoms with Gasteiger partial charge in [0.25, 0.3) is 0 Å². The molecule has 0 spiro atoms. The Bertz CT molecular complexity index is 620. The number of hydrogen-bond acceptors (Lipinski definition) is 5. The summed E-state index contributed by atoms with van der Waals surface area (Å²) in [7, 11) is 0. The van der Waals surface area contributed by atoms with Crippen molar-refractivity contribution in [1.29, 1.82) is 0 Å². The summed E-state index contributed by atoms with van der Waals surface area (Å²) >= 11 is 0. The minimum atomic E-state index is -0.254. The number of aryl methyl sites for hydroxylation is 1. The molecule has 2 aliphatic heterocycles. The Morgan fingerprint density at radius 1 is 1.20 bits per heavy atom. The summed E-state index contributed by atoms with van der Waals surface area (Å²) in [5, 5.41) is 14.8. The highest BCUT2D eigenvalue weighted by Gasteiger charge is 2.37. The van der Waals surface area contributed by atoms with Gasteiger partial charge in [-0.3, -0.25) is 14.5 Å². The first-order valence-electron chi connectivity index (χ1n) is 9.38. The van der Waals surface area contributed by atoms with Crippen molar-refractivity contribution in [2.24, 2.45) is 5.92 Å². The van der Waals surface area contributed by atoms with E-state index in [0.29, 0.717) is 0 Å². The van der Waals surface area contributed by atoms with E-state index in [1.54, 1.807) is 6.20 Å². The number of aliphatic hydroxyl groups excluding tert-OH is 1. The number of aliphatic hydroxyl groups is 1. The number of nitrogens with one attached hydrogen (secondary N) is 1. The quantitative estimate of drug-likeness (QED) is 0.816. The summed E-state index contributed by atoms with van der Waals surface area (Å²) in [6.07, 6.45) is 10.9. The van der Waals surface area contributed by atoms with Crippen LogP contribution in [0, 0.1) is 5.92 Å². The van der Waals surface area contributed by atoms with E-state index in [9.17, 15) is 5.11 Å². The Kier molecular flexibility index (Phi) is 5.14. The second-order valence-corrected chi connectivity index (χ2v) is 7.40. The Hall–Kier alpha value is -1.70. The molecule has 4 heterocycles. The minimum Gasteiger partial charge on any atom is -0.390 e. The van der Waals surface area contributed by atoms with E-state index >= 15 is 0 Å². The van der Waals surface area contributed by atoms with Gasteiger partial charge in [0.05, 0.1) is 12.6 Å². The second kappa shape index (κ2) is 7.68. The predicted octanol–water partition coefficient (Wildman–Crippen LogP) is 0.954. The Balaban J connectivity index is 1.23. The van der Waals surface area contributed by atoms with E-state index < -0.39 is 0 Å². The summed E-state index contributed by atoms with van der Waals surface area (Å²) in [5.74, 6) is 1.75. The molecule has 0 aromatic carbocycles. The molecule has 2 N–H and O–H groups in total. The zero-order valence-electron chi connectivity index (χ0n) is 14.7. The average molecular weight is 344 g/mol. The van der Waals surface area contributed by atoms with Crippen molar-refractivity contribution < 1.29 is 5.11 Å². The van der Waals surface area contributed by atoms with Gasteiger partial charge in [0.1, 0.15) is 5.82 Å². The third-order valence-electron chi connectivity index (χ3n) is 5.71. The largest absolute Gasteiger partial charge is 0.390 e. The van der Waals surface area contributed by atoms with Gasteiger partial charge in [0, 0.05) is 50.5 Å². The lowest BCUT2D eigenvalue weighted by Gasteiger charge is -2.37. The molecule has 2 fully saturated rings. The van der Waals surface area contributed by atoms with Crippen molar-refractivity contribution in [3.63, 3.8) is 0 Å². The Morgan fingerprint density at radius 3 is 2.80 bits per heavy atom. The molecule has 2 aliphatic rings. The number of aromatic amines is 1. The molecule has 0 amide bonds. The molecule has 136 valence electrons. The van der Waals surface area contributed by atoms with Crippen LogP contribution in [0.1, 0.15) is 25.1 Å².